The topological polar surface area (TPSA) is 57.6 Å². The molecule has 2 aromatic carbocycles. The summed E-state index contributed by atoms with van der Waals surface area (Å²) in [6.07, 6.45) is -0.104. The second-order valence-electron chi connectivity index (χ2n) is 5.87. The largest absolute Gasteiger partial charge is 0.481 e. The molecule has 0 spiro atoms. The van der Waals surface area contributed by atoms with Crippen molar-refractivity contribution < 1.29 is 23.5 Å². The van der Waals surface area contributed by atoms with Gasteiger partial charge < -0.3 is 10.0 Å². The summed E-state index contributed by atoms with van der Waals surface area (Å²) in [5.41, 5.74) is 2.28. The van der Waals surface area contributed by atoms with Crippen molar-refractivity contribution in [3.05, 3.63) is 70.8 Å². The highest BCUT2D eigenvalue weighted by Crippen LogP contribution is 2.13. The normalized spacial score (nSPS) is 10.5. The number of rotatable bonds is 7. The van der Waals surface area contributed by atoms with Crippen LogP contribution in [0.2, 0.25) is 0 Å². The molecule has 0 heterocycles. The Balaban J connectivity index is 2.12. The van der Waals surface area contributed by atoms with E-state index in [1.165, 1.54) is 11.0 Å². The maximum absolute atomic E-state index is 13.4. The number of hydrogen-bond donors (Lipinski definition) is 1. The van der Waals surface area contributed by atoms with Crippen LogP contribution < -0.4 is 0 Å². The minimum absolute atomic E-state index is 0.000969. The van der Waals surface area contributed by atoms with Crippen molar-refractivity contribution >= 4 is 11.9 Å². The average molecular weight is 347 g/mol. The molecule has 6 heteroatoms. The first-order chi connectivity index (χ1) is 11.8. The lowest BCUT2D eigenvalue weighted by Gasteiger charge is -2.22. The first kappa shape index (κ1) is 18.6. The van der Waals surface area contributed by atoms with E-state index in [4.69, 9.17) is 5.11 Å². The number of hydrogen-bond acceptors (Lipinski definition) is 2. The molecule has 132 valence electrons. The van der Waals surface area contributed by atoms with Gasteiger partial charge in [-0.05, 0) is 30.2 Å². The number of aryl methyl sites for hydroxylation is 1. The van der Waals surface area contributed by atoms with Gasteiger partial charge in [0.25, 0.3) is 0 Å². The molecule has 0 bridgehead atoms. The van der Waals surface area contributed by atoms with Gasteiger partial charge in [-0.1, -0.05) is 35.9 Å². The van der Waals surface area contributed by atoms with Gasteiger partial charge in [-0.2, -0.15) is 0 Å². The van der Waals surface area contributed by atoms with Crippen molar-refractivity contribution in [2.24, 2.45) is 0 Å². The minimum Gasteiger partial charge on any atom is -0.481 e. The number of carbonyl (C=O) groups is 2. The van der Waals surface area contributed by atoms with E-state index >= 15 is 0 Å². The molecular weight excluding hydrogens is 328 g/mol. The molecule has 0 atom stereocenters. The lowest BCUT2D eigenvalue weighted by atomic mass is 10.1. The van der Waals surface area contributed by atoms with E-state index in [0.717, 1.165) is 23.3 Å². The number of carboxylic acids is 1. The van der Waals surface area contributed by atoms with E-state index in [0.29, 0.717) is 5.56 Å². The van der Waals surface area contributed by atoms with Crippen LogP contribution in [0.25, 0.3) is 0 Å². The van der Waals surface area contributed by atoms with Crippen molar-refractivity contribution in [2.75, 3.05) is 6.54 Å². The molecule has 25 heavy (non-hydrogen) atoms. The van der Waals surface area contributed by atoms with Gasteiger partial charge in [-0.25, -0.2) is 8.78 Å². The molecule has 0 aliphatic rings. The van der Waals surface area contributed by atoms with Crippen LogP contribution in [0.3, 0.4) is 0 Å². The summed E-state index contributed by atoms with van der Waals surface area (Å²) in [6.45, 7) is 1.96. The number of carboxylic acid groups (broad SMARTS) is 1. The van der Waals surface area contributed by atoms with Crippen molar-refractivity contribution in [1.82, 2.24) is 4.90 Å². The molecule has 0 saturated carbocycles. The zero-order valence-corrected chi connectivity index (χ0v) is 13.8. The number of benzene rings is 2. The van der Waals surface area contributed by atoms with E-state index in [2.05, 4.69) is 0 Å². The average Bonchev–Trinajstić information content (AvgIpc) is 2.56. The highest BCUT2D eigenvalue weighted by atomic mass is 19.2. The number of aliphatic carboxylic acids is 1. The van der Waals surface area contributed by atoms with Crippen LogP contribution in [0.15, 0.2) is 42.5 Å². The van der Waals surface area contributed by atoms with E-state index < -0.39 is 17.6 Å². The van der Waals surface area contributed by atoms with Gasteiger partial charge in [0.2, 0.25) is 5.91 Å². The quantitative estimate of drug-likeness (QED) is 0.836. The van der Waals surface area contributed by atoms with Gasteiger partial charge in [0, 0.05) is 13.1 Å². The summed E-state index contributed by atoms with van der Waals surface area (Å²) in [7, 11) is 0. The summed E-state index contributed by atoms with van der Waals surface area (Å²) in [4.78, 5) is 24.7. The molecule has 0 aliphatic carbocycles. The Hall–Kier alpha value is -2.76. The molecule has 0 fully saturated rings. The monoisotopic (exact) mass is 347 g/mol. The van der Waals surface area contributed by atoms with E-state index in [1.807, 2.05) is 31.2 Å². The number of amides is 1. The molecular formula is C19H19F2NO3. The summed E-state index contributed by atoms with van der Waals surface area (Å²) in [6, 6.07) is 10.8. The van der Waals surface area contributed by atoms with Gasteiger partial charge >= 0.3 is 5.97 Å². The third-order valence-electron chi connectivity index (χ3n) is 3.78. The van der Waals surface area contributed by atoms with Gasteiger partial charge in [-0.15, -0.1) is 0 Å². The molecule has 0 radical (unpaired) electrons. The predicted octanol–water partition coefficient (Wildman–Crippen LogP) is 3.32. The van der Waals surface area contributed by atoms with Gasteiger partial charge in [-0.3, -0.25) is 9.59 Å². The highest BCUT2D eigenvalue weighted by molar-refractivity contribution is 5.79. The Morgan fingerprint density at radius 2 is 1.64 bits per heavy atom. The second-order valence-corrected chi connectivity index (χ2v) is 5.87. The van der Waals surface area contributed by atoms with E-state index in [-0.39, 0.29) is 31.8 Å². The van der Waals surface area contributed by atoms with Crippen LogP contribution in [0.1, 0.15) is 23.1 Å². The van der Waals surface area contributed by atoms with Crippen LogP contribution in [-0.4, -0.2) is 28.4 Å². The minimum atomic E-state index is -1.03. The van der Waals surface area contributed by atoms with Crippen LogP contribution in [-0.2, 0) is 22.6 Å². The molecule has 0 aliphatic heterocycles. The van der Waals surface area contributed by atoms with Gasteiger partial charge in [0.05, 0.1) is 12.8 Å². The third-order valence-corrected chi connectivity index (χ3v) is 3.78. The fourth-order valence-corrected chi connectivity index (χ4v) is 2.37. The summed E-state index contributed by atoms with van der Waals surface area (Å²) < 4.78 is 26.4. The van der Waals surface area contributed by atoms with Crippen LogP contribution in [0, 0.1) is 18.6 Å². The number of nitrogens with zero attached hydrogens (tertiary/aromatic N) is 1. The van der Waals surface area contributed by atoms with Crippen LogP contribution in [0.5, 0.6) is 0 Å². The van der Waals surface area contributed by atoms with Crippen molar-refractivity contribution in [3.8, 4) is 0 Å². The molecule has 2 rings (SSSR count). The van der Waals surface area contributed by atoms with Crippen LogP contribution in [0.4, 0.5) is 8.78 Å². The molecule has 2 aromatic rings. The maximum Gasteiger partial charge on any atom is 0.305 e. The standard InChI is InChI=1S/C19H19F2NO3/c1-13-2-4-14(5-3-13)11-18(23)22(9-8-19(24)25)12-15-6-7-16(20)17(21)10-15/h2-7,10H,8-9,11-12H2,1H3,(H,24,25). The van der Waals surface area contributed by atoms with Gasteiger partial charge in [0.1, 0.15) is 0 Å². The Morgan fingerprint density at radius 1 is 1.00 bits per heavy atom. The molecule has 0 aromatic heterocycles. The van der Waals surface area contributed by atoms with E-state index in [9.17, 15) is 18.4 Å². The number of carbonyl (C=O) groups excluding carboxylic acids is 1. The summed E-state index contributed by atoms with van der Waals surface area (Å²) in [5.74, 6) is -3.26. The molecule has 1 amide bonds. The lowest BCUT2D eigenvalue weighted by molar-refractivity contribution is -0.138. The Labute approximate surface area is 144 Å². The first-order valence-corrected chi connectivity index (χ1v) is 7.84. The molecule has 0 unspecified atom stereocenters. The van der Waals surface area contributed by atoms with Crippen molar-refractivity contribution in [3.63, 3.8) is 0 Å². The fraction of sp³-hybridized carbons (Fsp3) is 0.263. The molecule has 0 saturated heterocycles. The SMILES string of the molecule is Cc1ccc(CC(=O)N(CCC(=O)O)Cc2ccc(F)c(F)c2)cc1. The number of halogens is 2. The van der Waals surface area contributed by atoms with E-state index in [1.54, 1.807) is 0 Å². The highest BCUT2D eigenvalue weighted by Gasteiger charge is 2.17. The summed E-state index contributed by atoms with van der Waals surface area (Å²) in [5, 5.41) is 8.86. The fourth-order valence-electron chi connectivity index (χ4n) is 2.37. The Kier molecular flexibility index (Phi) is 6.22. The third kappa shape index (κ3) is 5.67. The van der Waals surface area contributed by atoms with Crippen molar-refractivity contribution in [1.29, 1.82) is 0 Å². The maximum atomic E-state index is 13.4. The predicted molar refractivity (Wildman–Crippen MR) is 88.9 cm³/mol. The van der Waals surface area contributed by atoms with Crippen LogP contribution >= 0.6 is 0 Å². The van der Waals surface area contributed by atoms with Gasteiger partial charge in [0.15, 0.2) is 11.6 Å². The molecule has 4 nitrogen and oxygen atoms in total. The Bertz CT molecular complexity index is 760. The summed E-state index contributed by atoms with van der Waals surface area (Å²) >= 11 is 0. The second kappa shape index (κ2) is 8.37. The molecule has 1 N–H and O–H groups in total. The smallest absolute Gasteiger partial charge is 0.305 e. The zero-order chi connectivity index (χ0) is 18.4. The zero-order valence-electron chi connectivity index (χ0n) is 13.8. The lowest BCUT2D eigenvalue weighted by Crippen LogP contribution is -2.33. The van der Waals surface area contributed by atoms with Crippen molar-refractivity contribution in [2.45, 2.75) is 26.3 Å². The Morgan fingerprint density at radius 3 is 2.24 bits per heavy atom. The first-order valence-electron chi connectivity index (χ1n) is 7.84.